The molecule has 26 heavy (non-hydrogen) atoms. The summed E-state index contributed by atoms with van der Waals surface area (Å²) in [7, 11) is 0. The fourth-order valence-electron chi connectivity index (χ4n) is 1.91. The molecule has 0 aliphatic heterocycles. The molecule has 0 amide bonds. The third-order valence-corrected chi connectivity index (χ3v) is 2.90. The van der Waals surface area contributed by atoms with E-state index in [4.69, 9.17) is 9.90 Å². The van der Waals surface area contributed by atoms with Gasteiger partial charge in [-0.25, -0.2) is 4.98 Å². The minimum atomic E-state index is -1.08. The summed E-state index contributed by atoms with van der Waals surface area (Å²) >= 11 is 0. The number of carbonyl (C=O) groups excluding carboxylic acids is 1. The summed E-state index contributed by atoms with van der Waals surface area (Å²) in [5.74, 6) is -0.387. The monoisotopic (exact) mass is 391 g/mol. The van der Waals surface area contributed by atoms with Gasteiger partial charge in [0.15, 0.2) is 0 Å². The predicted molar refractivity (Wildman–Crippen MR) is 94.9 cm³/mol. The van der Waals surface area contributed by atoms with Gasteiger partial charge in [-0.15, -0.1) is 0 Å². The van der Waals surface area contributed by atoms with Gasteiger partial charge in [0.2, 0.25) is 0 Å². The molecule has 0 bridgehead atoms. The fraction of sp³-hybridized carbons (Fsp3) is 0.0526. The van der Waals surface area contributed by atoms with Crippen LogP contribution in [-0.4, -0.2) is 21.6 Å². The molecule has 0 unspecified atom stereocenters. The van der Waals surface area contributed by atoms with Gasteiger partial charge in [0, 0.05) is 40.4 Å². The molecule has 0 aliphatic carbocycles. The first-order chi connectivity index (χ1) is 12.2. The summed E-state index contributed by atoms with van der Waals surface area (Å²) in [6, 6.07) is 21.4. The maximum Gasteiger partial charge on any atom is 0.146 e. The average molecular weight is 392 g/mol. The molecule has 7 heteroatoms. The van der Waals surface area contributed by atoms with E-state index in [0.29, 0.717) is 5.82 Å². The van der Waals surface area contributed by atoms with Crippen molar-refractivity contribution in [3.05, 3.63) is 90.4 Å². The van der Waals surface area contributed by atoms with Crippen molar-refractivity contribution in [3.63, 3.8) is 0 Å². The second-order valence-corrected chi connectivity index (χ2v) is 4.86. The van der Waals surface area contributed by atoms with Gasteiger partial charge >= 0.3 is 0 Å². The Balaban J connectivity index is 0.000000616. The molecule has 3 aromatic rings. The second-order valence-electron chi connectivity index (χ2n) is 4.86. The zero-order valence-electron chi connectivity index (χ0n) is 14.0. The molecule has 3 rings (SSSR count). The van der Waals surface area contributed by atoms with E-state index < -0.39 is 5.97 Å². The van der Waals surface area contributed by atoms with Crippen LogP contribution in [0.2, 0.25) is 0 Å². The van der Waals surface area contributed by atoms with Crippen LogP contribution in [0.1, 0.15) is 18.2 Å². The third kappa shape index (κ3) is 7.24. The second kappa shape index (κ2) is 11.5. The van der Waals surface area contributed by atoms with Crippen LogP contribution in [-0.2, 0) is 21.3 Å². The minimum absolute atomic E-state index is 0. The van der Waals surface area contributed by atoms with E-state index >= 15 is 0 Å². The van der Waals surface area contributed by atoms with E-state index in [1.54, 1.807) is 12.4 Å². The zero-order chi connectivity index (χ0) is 17.9. The number of carboxylic acid groups (broad SMARTS) is 1. The van der Waals surface area contributed by atoms with Crippen LogP contribution in [0.25, 0.3) is 0 Å². The van der Waals surface area contributed by atoms with E-state index in [0.717, 1.165) is 23.9 Å². The van der Waals surface area contributed by atoms with Gasteiger partial charge in [0.25, 0.3) is 0 Å². The Morgan fingerprint density at radius 2 is 1.50 bits per heavy atom. The van der Waals surface area contributed by atoms with Gasteiger partial charge in [0.05, 0.1) is 5.69 Å². The summed E-state index contributed by atoms with van der Waals surface area (Å²) in [6.45, 7) is 0.972. The Morgan fingerprint density at radius 1 is 0.923 bits per heavy atom. The number of hydrogen-bond acceptors (Lipinski definition) is 6. The third-order valence-electron chi connectivity index (χ3n) is 2.90. The average Bonchev–Trinajstić information content (AvgIpc) is 2.64. The van der Waals surface area contributed by atoms with Crippen LogP contribution in [0, 0.1) is 0 Å². The molecule has 2 heterocycles. The summed E-state index contributed by atoms with van der Waals surface area (Å²) in [5, 5.41) is 13.4. The molecule has 0 atom stereocenters. The number of anilines is 1. The first-order valence-electron chi connectivity index (χ1n) is 7.56. The molecule has 6 nitrogen and oxygen atoms in total. The molecule has 0 radical (unpaired) electrons. The number of hydrogen-bond donors (Lipinski definition) is 1. The summed E-state index contributed by atoms with van der Waals surface area (Å²) in [4.78, 5) is 17.5. The smallest absolute Gasteiger partial charge is 0.146 e. The maximum absolute atomic E-state index is 8.89. The molecule has 0 saturated carbocycles. The van der Waals surface area contributed by atoms with Crippen molar-refractivity contribution in [1.29, 1.82) is 0 Å². The molecule has 1 N–H and O–H groups in total. The molecular formula is C19H17N4NiO2-. The molecule has 1 aromatic carbocycles. The van der Waals surface area contributed by atoms with Crippen LogP contribution in [0.5, 0.6) is 0 Å². The van der Waals surface area contributed by atoms with Crippen molar-refractivity contribution < 1.29 is 26.4 Å². The van der Waals surface area contributed by atoms with E-state index in [-0.39, 0.29) is 16.5 Å². The Bertz CT molecular complexity index is 767. The number of aromatic nitrogens is 2. The summed E-state index contributed by atoms with van der Waals surface area (Å²) in [6.07, 6.45) is 3.48. The largest absolute Gasteiger partial charge is 0.550 e. The Morgan fingerprint density at radius 3 is 2.04 bits per heavy atom. The molecule has 0 saturated heterocycles. The van der Waals surface area contributed by atoms with Gasteiger partial charge in [-0.1, -0.05) is 42.5 Å². The standard InChI is InChI=1S/C17H14N4.C2H4O2.Ni/c1-2-8-14(9-3-1)17(15-10-4-6-12-18-15)21-20-16-11-5-7-13-19-16;1-2(3)4;/h1-13H,(H,19,20);1H3,(H,3,4);/p-1/b21-17+;;. The number of benzene rings is 1. The first kappa shape index (κ1) is 21.0. The van der Waals surface area contributed by atoms with E-state index in [1.807, 2.05) is 66.7 Å². The van der Waals surface area contributed by atoms with Crippen molar-refractivity contribution in [2.75, 3.05) is 5.43 Å². The minimum Gasteiger partial charge on any atom is -0.550 e. The van der Waals surface area contributed by atoms with Gasteiger partial charge in [-0.3, -0.25) is 10.4 Å². The van der Waals surface area contributed by atoms with Crippen LogP contribution in [0.3, 0.4) is 0 Å². The molecule has 136 valence electrons. The number of aliphatic carboxylic acids is 1. The summed E-state index contributed by atoms with van der Waals surface area (Å²) in [5.41, 5.74) is 5.57. The maximum atomic E-state index is 8.89. The quantitative estimate of drug-likeness (QED) is 0.417. The van der Waals surface area contributed by atoms with Crippen molar-refractivity contribution in [3.8, 4) is 0 Å². The number of carboxylic acids is 1. The number of nitrogens with zero attached hydrogens (tertiary/aromatic N) is 3. The van der Waals surface area contributed by atoms with Gasteiger partial charge in [-0.05, 0) is 31.2 Å². The number of nitrogens with one attached hydrogen (secondary N) is 1. The van der Waals surface area contributed by atoms with Crippen LogP contribution >= 0.6 is 0 Å². The van der Waals surface area contributed by atoms with Crippen molar-refractivity contribution >= 4 is 17.5 Å². The molecule has 0 spiro atoms. The fourth-order valence-corrected chi connectivity index (χ4v) is 1.91. The Kier molecular flexibility index (Phi) is 9.29. The number of pyridine rings is 2. The van der Waals surface area contributed by atoms with Gasteiger partial charge in [-0.2, -0.15) is 5.10 Å². The van der Waals surface area contributed by atoms with Crippen molar-refractivity contribution in [2.24, 2.45) is 5.10 Å². The van der Waals surface area contributed by atoms with E-state index in [1.165, 1.54) is 0 Å². The number of hydrazone groups is 1. The van der Waals surface area contributed by atoms with Gasteiger partial charge in [0.1, 0.15) is 11.5 Å². The first-order valence-corrected chi connectivity index (χ1v) is 7.56. The Labute approximate surface area is 162 Å². The SMILES string of the molecule is CC(=O)[O-].[Ni].c1ccc(/C(=N\Nc2ccccn2)c2ccccn2)cc1. The molecular weight excluding hydrogens is 375 g/mol. The molecule has 0 fully saturated rings. The Hall–Kier alpha value is -3.05. The number of rotatable bonds is 4. The van der Waals surface area contributed by atoms with E-state index in [9.17, 15) is 0 Å². The normalized spacial score (nSPS) is 9.96. The number of carbonyl (C=O) groups is 1. The topological polar surface area (TPSA) is 90.3 Å². The van der Waals surface area contributed by atoms with Crippen LogP contribution < -0.4 is 10.5 Å². The predicted octanol–water partition coefficient (Wildman–Crippen LogP) is 2.09. The summed E-state index contributed by atoms with van der Waals surface area (Å²) < 4.78 is 0. The van der Waals surface area contributed by atoms with Crippen LogP contribution in [0.4, 0.5) is 5.82 Å². The van der Waals surface area contributed by atoms with Gasteiger partial charge < -0.3 is 9.90 Å². The molecule has 2 aromatic heterocycles. The van der Waals surface area contributed by atoms with Crippen molar-refractivity contribution in [1.82, 2.24) is 9.97 Å². The zero-order valence-corrected chi connectivity index (χ0v) is 15.0. The van der Waals surface area contributed by atoms with Crippen LogP contribution in [0.15, 0.2) is 84.2 Å². The molecule has 0 aliphatic rings. The van der Waals surface area contributed by atoms with E-state index in [2.05, 4.69) is 20.5 Å². The van der Waals surface area contributed by atoms with Crippen molar-refractivity contribution in [2.45, 2.75) is 6.92 Å².